The summed E-state index contributed by atoms with van der Waals surface area (Å²) in [7, 11) is 0. The lowest BCUT2D eigenvalue weighted by molar-refractivity contribution is -0.167. The van der Waals surface area contributed by atoms with E-state index in [9.17, 15) is 14.4 Å². The minimum absolute atomic E-state index is 0.0702. The Morgan fingerprint density at radius 2 is 0.493 bits per heavy atom. The summed E-state index contributed by atoms with van der Waals surface area (Å²) in [6, 6.07) is 0. The van der Waals surface area contributed by atoms with Crippen molar-refractivity contribution in [2.24, 2.45) is 0 Å². The first-order valence-corrected chi connectivity index (χ1v) is 32.5. The average molecular weight is 1030 g/mol. The van der Waals surface area contributed by atoms with Gasteiger partial charge < -0.3 is 14.2 Å². The molecule has 6 nitrogen and oxygen atoms in total. The molecule has 6 heteroatoms. The van der Waals surface area contributed by atoms with Gasteiger partial charge in [0.2, 0.25) is 0 Å². The van der Waals surface area contributed by atoms with E-state index in [1.54, 1.807) is 0 Å². The van der Waals surface area contributed by atoms with Crippen molar-refractivity contribution in [3.63, 3.8) is 0 Å². The number of carbonyl (C=O) groups excluding carboxylic acids is 3. The van der Waals surface area contributed by atoms with Crippen LogP contribution in [0.15, 0.2) is 36.5 Å². The Morgan fingerprint density at radius 3 is 0.781 bits per heavy atom. The van der Waals surface area contributed by atoms with Crippen LogP contribution in [0.5, 0.6) is 0 Å². The Bertz CT molecular complexity index is 1220. The second-order valence-corrected chi connectivity index (χ2v) is 22.0. The van der Waals surface area contributed by atoms with Crippen LogP contribution in [0.1, 0.15) is 355 Å². The van der Waals surface area contributed by atoms with Crippen molar-refractivity contribution in [1.82, 2.24) is 0 Å². The number of rotatable bonds is 60. The Morgan fingerprint density at radius 1 is 0.274 bits per heavy atom. The Labute approximate surface area is 455 Å². The molecule has 0 fully saturated rings. The van der Waals surface area contributed by atoms with Crippen molar-refractivity contribution in [3.8, 4) is 0 Å². The zero-order chi connectivity index (χ0) is 52.9. The first-order chi connectivity index (χ1) is 36.0. The van der Waals surface area contributed by atoms with Crippen LogP contribution in [0.3, 0.4) is 0 Å². The molecule has 0 spiro atoms. The zero-order valence-electron chi connectivity index (χ0n) is 49.2. The van der Waals surface area contributed by atoms with E-state index in [1.165, 1.54) is 244 Å². The summed E-state index contributed by atoms with van der Waals surface area (Å²) in [4.78, 5) is 38.1. The second kappa shape index (κ2) is 62.2. The minimum atomic E-state index is -0.771. The van der Waals surface area contributed by atoms with E-state index in [0.717, 1.165) is 70.6 Å². The molecule has 1 atom stereocenters. The van der Waals surface area contributed by atoms with E-state index in [2.05, 4.69) is 57.2 Å². The first-order valence-electron chi connectivity index (χ1n) is 32.5. The van der Waals surface area contributed by atoms with Gasteiger partial charge in [0.05, 0.1) is 0 Å². The minimum Gasteiger partial charge on any atom is -0.462 e. The summed E-state index contributed by atoms with van der Waals surface area (Å²) in [6.45, 7) is 6.65. The van der Waals surface area contributed by atoms with Crippen LogP contribution < -0.4 is 0 Å². The summed E-state index contributed by atoms with van der Waals surface area (Å²) in [5, 5.41) is 0. The lowest BCUT2D eigenvalue weighted by atomic mass is 10.0. The van der Waals surface area contributed by atoms with Crippen molar-refractivity contribution >= 4 is 17.9 Å². The van der Waals surface area contributed by atoms with Crippen LogP contribution in [0.4, 0.5) is 0 Å². The van der Waals surface area contributed by atoms with Crippen LogP contribution in [0, 0.1) is 0 Å². The second-order valence-electron chi connectivity index (χ2n) is 22.0. The smallest absolute Gasteiger partial charge is 0.306 e. The lowest BCUT2D eigenvalue weighted by Crippen LogP contribution is -2.30. The maximum absolute atomic E-state index is 12.8. The molecule has 0 aromatic heterocycles. The van der Waals surface area contributed by atoms with Crippen LogP contribution in [-0.4, -0.2) is 37.2 Å². The van der Waals surface area contributed by atoms with Gasteiger partial charge in [0, 0.05) is 19.3 Å². The fourth-order valence-electron chi connectivity index (χ4n) is 9.71. The van der Waals surface area contributed by atoms with Gasteiger partial charge in [-0.1, -0.05) is 295 Å². The van der Waals surface area contributed by atoms with Gasteiger partial charge in [0.25, 0.3) is 0 Å². The van der Waals surface area contributed by atoms with E-state index < -0.39 is 6.10 Å². The Balaban J connectivity index is 4.06. The van der Waals surface area contributed by atoms with Crippen molar-refractivity contribution < 1.29 is 28.6 Å². The van der Waals surface area contributed by atoms with Crippen molar-refractivity contribution in [2.75, 3.05) is 13.2 Å². The number of hydrogen-bond donors (Lipinski definition) is 0. The van der Waals surface area contributed by atoms with Gasteiger partial charge in [0.15, 0.2) is 6.10 Å². The molecule has 0 saturated heterocycles. The summed E-state index contributed by atoms with van der Waals surface area (Å²) in [5.41, 5.74) is 0. The molecule has 0 radical (unpaired) electrons. The van der Waals surface area contributed by atoms with Crippen molar-refractivity contribution in [1.29, 1.82) is 0 Å². The highest BCUT2D eigenvalue weighted by molar-refractivity contribution is 5.71. The number of allylic oxidation sites excluding steroid dienone is 6. The molecule has 0 aromatic rings. The van der Waals surface area contributed by atoms with E-state index in [4.69, 9.17) is 14.2 Å². The van der Waals surface area contributed by atoms with Crippen LogP contribution in [0.2, 0.25) is 0 Å². The van der Waals surface area contributed by atoms with E-state index >= 15 is 0 Å². The Kier molecular flexibility index (Phi) is 60.2. The molecule has 0 aromatic carbocycles. The van der Waals surface area contributed by atoms with Gasteiger partial charge in [0.1, 0.15) is 13.2 Å². The Hall–Kier alpha value is -2.37. The number of unbranched alkanes of at least 4 members (excludes halogenated alkanes) is 43. The SMILES string of the molecule is CCCCCC/C=C\CCCCCCCC(=O)OC(COC(=O)CCCCCCCCCCCCC)COC(=O)CCCCCCCCCCCCCCCCCCCCC/C=C\C/C=C\CCCCCCC. The van der Waals surface area contributed by atoms with Crippen LogP contribution in [-0.2, 0) is 28.6 Å². The molecule has 0 aliphatic rings. The van der Waals surface area contributed by atoms with Gasteiger partial charge in [-0.05, 0) is 77.0 Å². The van der Waals surface area contributed by atoms with Gasteiger partial charge in [-0.15, -0.1) is 0 Å². The summed E-state index contributed by atoms with van der Waals surface area (Å²) in [5.74, 6) is -0.859. The number of ether oxygens (including phenoxy) is 3. The number of esters is 3. The highest BCUT2D eigenvalue weighted by Gasteiger charge is 2.19. The third-order valence-electron chi connectivity index (χ3n) is 14.6. The molecule has 0 N–H and O–H groups in total. The van der Waals surface area contributed by atoms with Crippen molar-refractivity contribution in [3.05, 3.63) is 36.5 Å². The third-order valence-corrected chi connectivity index (χ3v) is 14.6. The van der Waals surface area contributed by atoms with Crippen LogP contribution in [0.25, 0.3) is 0 Å². The van der Waals surface area contributed by atoms with Gasteiger partial charge in [-0.25, -0.2) is 0 Å². The van der Waals surface area contributed by atoms with Gasteiger partial charge >= 0.3 is 17.9 Å². The van der Waals surface area contributed by atoms with E-state index in [-0.39, 0.29) is 31.1 Å². The van der Waals surface area contributed by atoms with Crippen molar-refractivity contribution in [2.45, 2.75) is 361 Å². The monoisotopic (exact) mass is 1020 g/mol. The molecule has 0 saturated carbocycles. The predicted molar refractivity (Wildman–Crippen MR) is 316 cm³/mol. The fraction of sp³-hybridized carbons (Fsp3) is 0.866. The average Bonchev–Trinajstić information content (AvgIpc) is 3.39. The zero-order valence-corrected chi connectivity index (χ0v) is 49.2. The quantitative estimate of drug-likeness (QED) is 0.0261. The molecule has 0 aliphatic heterocycles. The van der Waals surface area contributed by atoms with Gasteiger partial charge in [-0.2, -0.15) is 0 Å². The van der Waals surface area contributed by atoms with E-state index in [1.807, 2.05) is 0 Å². The fourth-order valence-corrected chi connectivity index (χ4v) is 9.71. The molecule has 0 amide bonds. The van der Waals surface area contributed by atoms with Gasteiger partial charge in [-0.3, -0.25) is 14.4 Å². The highest BCUT2D eigenvalue weighted by atomic mass is 16.6. The maximum atomic E-state index is 12.8. The molecule has 0 bridgehead atoms. The number of hydrogen-bond acceptors (Lipinski definition) is 6. The standard InChI is InChI=1S/C67H124O6/c1-4-7-10-13-16-19-22-24-25-26-27-28-29-30-31-32-33-34-35-36-37-38-39-40-41-43-45-48-51-54-57-60-66(69)72-63-64(62-71-65(68)59-56-53-50-47-44-21-18-15-12-9-6-3)73-67(70)61-58-55-52-49-46-42-23-20-17-14-11-8-5-2/h20,22-24,26-27,64H,4-19,21,25,28-63H2,1-3H3/b23-20-,24-22-,27-26-. The first kappa shape index (κ1) is 70.6. The predicted octanol–water partition coefficient (Wildman–Crippen LogP) is 22.0. The topological polar surface area (TPSA) is 78.9 Å². The molecular weight excluding hydrogens is 901 g/mol. The largest absolute Gasteiger partial charge is 0.462 e. The molecule has 0 heterocycles. The maximum Gasteiger partial charge on any atom is 0.306 e. The van der Waals surface area contributed by atoms with E-state index in [0.29, 0.717) is 19.3 Å². The third kappa shape index (κ3) is 60.4. The highest BCUT2D eigenvalue weighted by Crippen LogP contribution is 2.17. The number of carbonyl (C=O) groups is 3. The normalized spacial score (nSPS) is 12.2. The summed E-state index contributed by atoms with van der Waals surface area (Å²) in [6.07, 6.45) is 76.0. The molecule has 0 rings (SSSR count). The molecule has 1 unspecified atom stereocenters. The summed E-state index contributed by atoms with van der Waals surface area (Å²) >= 11 is 0. The molecule has 0 aliphatic carbocycles. The molecule has 73 heavy (non-hydrogen) atoms. The van der Waals surface area contributed by atoms with Crippen LogP contribution >= 0.6 is 0 Å². The lowest BCUT2D eigenvalue weighted by Gasteiger charge is -2.18. The molecule has 428 valence electrons. The summed E-state index contributed by atoms with van der Waals surface area (Å²) < 4.78 is 16.9. The molecular formula is C67H124O6.